The Bertz CT molecular complexity index is 422. The third-order valence-corrected chi connectivity index (χ3v) is 4.96. The van der Waals surface area contributed by atoms with Gasteiger partial charge in [-0.05, 0) is 32.9 Å². The Morgan fingerprint density at radius 3 is 2.72 bits per heavy atom. The predicted molar refractivity (Wildman–Crippen MR) is 73.9 cm³/mol. The van der Waals surface area contributed by atoms with Gasteiger partial charge in [-0.1, -0.05) is 6.92 Å². The van der Waals surface area contributed by atoms with Gasteiger partial charge in [0.1, 0.15) is 0 Å². The van der Waals surface area contributed by atoms with Crippen molar-refractivity contribution >= 4 is 17.2 Å². The van der Waals surface area contributed by atoms with E-state index in [4.69, 9.17) is 0 Å². The first-order valence-corrected chi connectivity index (χ1v) is 7.21. The molecule has 1 fully saturated rings. The Morgan fingerprint density at radius 2 is 2.22 bits per heavy atom. The Hall–Kier alpha value is -0.940. The number of amides is 1. The van der Waals surface area contributed by atoms with E-state index in [1.165, 1.54) is 9.88 Å². The largest absolute Gasteiger partial charge is 0.358 e. The van der Waals surface area contributed by atoms with Crippen LogP contribution < -0.4 is 5.32 Å². The summed E-state index contributed by atoms with van der Waals surface area (Å²) in [5, 5.41) is 3.93. The number of thiazole rings is 1. The Morgan fingerprint density at radius 1 is 1.56 bits per heavy atom. The summed E-state index contributed by atoms with van der Waals surface area (Å²) in [4.78, 5) is 19.4. The number of piperidine rings is 1. The smallest absolute Gasteiger partial charge is 0.233 e. The summed E-state index contributed by atoms with van der Waals surface area (Å²) in [5.74, 6) is 0.101. The predicted octanol–water partition coefficient (Wildman–Crippen LogP) is 1.55. The highest BCUT2D eigenvalue weighted by Crippen LogP contribution is 2.36. The number of likely N-dealkylation sites (tertiary alicyclic amines) is 1. The number of hydrogen-bond acceptors (Lipinski definition) is 4. The molecular weight excluding hydrogens is 246 g/mol. The van der Waals surface area contributed by atoms with Crippen LogP contribution in [0.25, 0.3) is 0 Å². The van der Waals surface area contributed by atoms with E-state index in [-0.39, 0.29) is 11.3 Å². The number of nitrogens with zero attached hydrogens (tertiary/aromatic N) is 2. The zero-order valence-corrected chi connectivity index (χ0v) is 12.1. The van der Waals surface area contributed by atoms with Gasteiger partial charge in [-0.25, -0.2) is 4.98 Å². The Labute approximate surface area is 112 Å². The fourth-order valence-corrected chi connectivity index (χ4v) is 3.30. The monoisotopic (exact) mass is 267 g/mol. The Kier molecular flexibility index (Phi) is 4.02. The summed E-state index contributed by atoms with van der Waals surface area (Å²) in [6, 6.07) is 0. The first kappa shape index (κ1) is 13.5. The molecule has 18 heavy (non-hydrogen) atoms. The zero-order valence-electron chi connectivity index (χ0n) is 11.3. The molecule has 0 atom stereocenters. The van der Waals surface area contributed by atoms with Gasteiger partial charge < -0.3 is 5.32 Å². The number of nitrogens with one attached hydrogen (secondary N) is 1. The molecule has 1 amide bonds. The van der Waals surface area contributed by atoms with Gasteiger partial charge in [-0.3, -0.25) is 9.69 Å². The van der Waals surface area contributed by atoms with Crippen LogP contribution in [0.4, 0.5) is 0 Å². The molecule has 0 bridgehead atoms. The zero-order chi connectivity index (χ0) is 13.2. The molecule has 1 aromatic heterocycles. The van der Waals surface area contributed by atoms with Gasteiger partial charge in [0, 0.05) is 23.5 Å². The van der Waals surface area contributed by atoms with Crippen molar-refractivity contribution in [2.24, 2.45) is 0 Å². The lowest BCUT2D eigenvalue weighted by molar-refractivity contribution is -0.122. The van der Waals surface area contributed by atoms with Gasteiger partial charge in [0.05, 0.1) is 11.6 Å². The van der Waals surface area contributed by atoms with Crippen molar-refractivity contribution in [2.75, 3.05) is 26.7 Å². The fraction of sp³-hybridized carbons (Fsp3) is 0.692. The Balaban J connectivity index is 1.95. The maximum atomic E-state index is 11.4. The third kappa shape index (κ3) is 2.90. The first-order valence-electron chi connectivity index (χ1n) is 6.39. The standard InChI is InChI=1S/C13H21N3OS/c1-10-8-15-12(18-10)13(2)4-6-16(7-5-13)9-11(17)14-3/h8H,4-7,9H2,1-3H3,(H,14,17). The minimum atomic E-state index is 0.101. The van der Waals surface area contributed by atoms with Crippen LogP contribution in [0, 0.1) is 6.92 Å². The molecule has 0 spiro atoms. The molecular formula is C13H21N3OS. The molecule has 0 unspecified atom stereocenters. The van der Waals surface area contributed by atoms with E-state index < -0.39 is 0 Å². The SMILES string of the molecule is CNC(=O)CN1CCC(C)(c2ncc(C)s2)CC1. The van der Waals surface area contributed by atoms with Crippen LogP contribution in [0.5, 0.6) is 0 Å². The topological polar surface area (TPSA) is 45.2 Å². The highest BCUT2D eigenvalue weighted by molar-refractivity contribution is 7.11. The van der Waals surface area contributed by atoms with Gasteiger partial charge in [0.25, 0.3) is 0 Å². The molecule has 4 nitrogen and oxygen atoms in total. The van der Waals surface area contributed by atoms with Crippen molar-refractivity contribution in [1.82, 2.24) is 15.2 Å². The summed E-state index contributed by atoms with van der Waals surface area (Å²) in [7, 11) is 1.69. The average Bonchev–Trinajstić information content (AvgIpc) is 2.80. The number of aromatic nitrogens is 1. The van der Waals surface area contributed by atoms with Gasteiger partial charge >= 0.3 is 0 Å². The van der Waals surface area contributed by atoms with E-state index in [2.05, 4.69) is 29.0 Å². The number of likely N-dealkylation sites (N-methyl/N-ethyl adjacent to an activating group) is 1. The molecule has 1 aliphatic heterocycles. The second kappa shape index (κ2) is 5.36. The molecule has 0 aliphatic carbocycles. The van der Waals surface area contributed by atoms with Gasteiger partial charge in [-0.2, -0.15) is 0 Å². The third-order valence-electron chi connectivity index (χ3n) is 3.74. The summed E-state index contributed by atoms with van der Waals surface area (Å²) < 4.78 is 0. The molecule has 5 heteroatoms. The molecule has 1 N–H and O–H groups in total. The van der Waals surface area contributed by atoms with Crippen LogP contribution >= 0.6 is 11.3 Å². The summed E-state index contributed by atoms with van der Waals surface area (Å²) >= 11 is 1.80. The van der Waals surface area contributed by atoms with Crippen molar-refractivity contribution < 1.29 is 4.79 Å². The quantitative estimate of drug-likeness (QED) is 0.904. The minimum absolute atomic E-state index is 0.101. The van der Waals surface area contributed by atoms with Crippen molar-refractivity contribution in [2.45, 2.75) is 32.1 Å². The summed E-state index contributed by atoms with van der Waals surface area (Å²) in [6.45, 7) is 6.86. The van der Waals surface area contributed by atoms with Gasteiger partial charge in [0.2, 0.25) is 5.91 Å². The van der Waals surface area contributed by atoms with E-state index >= 15 is 0 Å². The molecule has 1 aliphatic rings. The van der Waals surface area contributed by atoms with E-state index in [1.54, 1.807) is 18.4 Å². The average molecular weight is 267 g/mol. The summed E-state index contributed by atoms with van der Waals surface area (Å²) in [6.07, 6.45) is 4.12. The number of rotatable bonds is 3. The maximum Gasteiger partial charge on any atom is 0.233 e. The minimum Gasteiger partial charge on any atom is -0.358 e. The van der Waals surface area contributed by atoms with E-state index in [1.807, 2.05) is 6.20 Å². The number of aryl methyl sites for hydroxylation is 1. The molecule has 100 valence electrons. The van der Waals surface area contributed by atoms with Crippen LogP contribution in [0.15, 0.2) is 6.20 Å². The normalized spacial score (nSPS) is 19.7. The fourth-order valence-electron chi connectivity index (χ4n) is 2.33. The van der Waals surface area contributed by atoms with Crippen molar-refractivity contribution in [1.29, 1.82) is 0 Å². The van der Waals surface area contributed by atoms with E-state index in [9.17, 15) is 4.79 Å². The van der Waals surface area contributed by atoms with Crippen LogP contribution in [0.3, 0.4) is 0 Å². The van der Waals surface area contributed by atoms with Crippen LogP contribution in [0.1, 0.15) is 29.7 Å². The van der Waals surface area contributed by atoms with Crippen LogP contribution in [-0.4, -0.2) is 42.5 Å². The lowest BCUT2D eigenvalue weighted by Crippen LogP contribution is -2.44. The van der Waals surface area contributed by atoms with Gasteiger partial charge in [0.15, 0.2) is 0 Å². The molecule has 0 saturated carbocycles. The van der Waals surface area contributed by atoms with E-state index in [0.29, 0.717) is 6.54 Å². The lowest BCUT2D eigenvalue weighted by Gasteiger charge is -2.37. The molecule has 1 aromatic rings. The number of carbonyl (C=O) groups excluding carboxylic acids is 1. The molecule has 1 saturated heterocycles. The second-order valence-corrected chi connectivity index (χ2v) is 6.52. The van der Waals surface area contributed by atoms with Crippen LogP contribution in [0.2, 0.25) is 0 Å². The summed E-state index contributed by atoms with van der Waals surface area (Å²) in [5.41, 5.74) is 0.193. The highest BCUT2D eigenvalue weighted by Gasteiger charge is 2.34. The number of carbonyl (C=O) groups is 1. The lowest BCUT2D eigenvalue weighted by atomic mass is 9.81. The van der Waals surface area contributed by atoms with Crippen molar-refractivity contribution in [3.05, 3.63) is 16.1 Å². The molecule has 2 rings (SSSR count). The van der Waals surface area contributed by atoms with Crippen molar-refractivity contribution in [3.8, 4) is 0 Å². The van der Waals surface area contributed by atoms with Crippen molar-refractivity contribution in [3.63, 3.8) is 0 Å². The number of hydrogen-bond donors (Lipinski definition) is 1. The van der Waals surface area contributed by atoms with Gasteiger partial charge in [-0.15, -0.1) is 11.3 Å². The van der Waals surface area contributed by atoms with Crippen LogP contribution in [-0.2, 0) is 10.2 Å². The molecule has 0 radical (unpaired) electrons. The molecule has 0 aromatic carbocycles. The first-order chi connectivity index (χ1) is 8.53. The molecule has 2 heterocycles. The second-order valence-electron chi connectivity index (χ2n) is 5.29. The maximum absolute atomic E-state index is 11.4. The van der Waals surface area contributed by atoms with E-state index in [0.717, 1.165) is 25.9 Å². The highest BCUT2D eigenvalue weighted by atomic mass is 32.1.